The fraction of sp³-hybridized carbons (Fsp3) is 0.278. The summed E-state index contributed by atoms with van der Waals surface area (Å²) in [5.74, 6) is 0.0396. The van der Waals surface area contributed by atoms with Crippen LogP contribution in [0.15, 0.2) is 109 Å². The Balaban J connectivity index is 1.15. The number of rotatable bonds is 10. The number of nitrogens with one attached hydrogen (secondary N) is 1. The summed E-state index contributed by atoms with van der Waals surface area (Å²) in [4.78, 5) is 33.2. The Bertz CT molecular complexity index is 1500. The second-order valence-electron chi connectivity index (χ2n) is 11.1. The van der Waals surface area contributed by atoms with E-state index in [-0.39, 0.29) is 24.0 Å². The van der Waals surface area contributed by atoms with Crippen LogP contribution in [0.1, 0.15) is 56.0 Å². The zero-order chi connectivity index (χ0) is 29.6. The summed E-state index contributed by atoms with van der Waals surface area (Å²) in [5.41, 5.74) is 5.63. The lowest BCUT2D eigenvalue weighted by Crippen LogP contribution is -2.49. The Morgan fingerprint density at radius 3 is 2.16 bits per heavy atom. The smallest absolute Gasteiger partial charge is 0.256 e. The zero-order valence-electron chi connectivity index (χ0n) is 24.6. The molecule has 2 amide bonds. The minimum Gasteiger partial charge on any atom is -0.385 e. The van der Waals surface area contributed by atoms with Crippen LogP contribution in [0.3, 0.4) is 0 Å². The lowest BCUT2D eigenvalue weighted by Gasteiger charge is -2.40. The third-order valence-electron chi connectivity index (χ3n) is 8.42. The molecule has 7 heteroatoms. The van der Waals surface area contributed by atoms with E-state index in [1.165, 1.54) is 11.1 Å². The monoisotopic (exact) mass is 574 g/mol. The van der Waals surface area contributed by atoms with Gasteiger partial charge in [-0.05, 0) is 41.8 Å². The summed E-state index contributed by atoms with van der Waals surface area (Å²) in [6.45, 7) is 4.05. The molecule has 2 aliphatic heterocycles. The number of carbonyl (C=O) groups excluding carboxylic acids is 2. The van der Waals surface area contributed by atoms with Gasteiger partial charge in [-0.2, -0.15) is 0 Å². The van der Waals surface area contributed by atoms with Crippen molar-refractivity contribution in [3.63, 3.8) is 0 Å². The molecule has 0 radical (unpaired) electrons. The van der Waals surface area contributed by atoms with Crippen molar-refractivity contribution in [3.05, 3.63) is 137 Å². The lowest BCUT2D eigenvalue weighted by atomic mass is 9.96. The molecule has 2 heterocycles. The molecule has 0 spiro atoms. The summed E-state index contributed by atoms with van der Waals surface area (Å²) in [5, 5.41) is 3.55. The molecule has 1 fully saturated rings. The van der Waals surface area contributed by atoms with Crippen LogP contribution in [-0.4, -0.2) is 73.0 Å². The number of anilines is 1. The van der Waals surface area contributed by atoms with Crippen molar-refractivity contribution in [2.45, 2.75) is 18.6 Å². The highest BCUT2D eigenvalue weighted by Gasteiger charge is 2.36. The molecule has 1 unspecified atom stereocenters. The van der Waals surface area contributed by atoms with Gasteiger partial charge in [0.25, 0.3) is 11.8 Å². The highest BCUT2D eigenvalue weighted by molar-refractivity contribution is 5.99. The van der Waals surface area contributed by atoms with Gasteiger partial charge < -0.3 is 19.9 Å². The SMILES string of the molecule is COCCCN1C(=O)c2ccccc2C1Nc1cccc(C(=O)N2CCN(C(c3ccccc3)c3ccccc3)CC2)c1. The van der Waals surface area contributed by atoms with Gasteiger partial charge in [0.05, 0.1) is 6.04 Å². The van der Waals surface area contributed by atoms with Crippen LogP contribution in [0, 0.1) is 0 Å². The summed E-state index contributed by atoms with van der Waals surface area (Å²) in [7, 11) is 1.67. The molecule has 220 valence electrons. The first-order chi connectivity index (χ1) is 21.1. The number of carbonyl (C=O) groups is 2. The highest BCUT2D eigenvalue weighted by Crippen LogP contribution is 2.35. The van der Waals surface area contributed by atoms with Gasteiger partial charge in [-0.25, -0.2) is 0 Å². The fourth-order valence-corrected chi connectivity index (χ4v) is 6.29. The molecule has 4 aromatic rings. The molecule has 2 aliphatic rings. The first-order valence-electron chi connectivity index (χ1n) is 15.0. The van der Waals surface area contributed by atoms with Gasteiger partial charge in [-0.1, -0.05) is 84.9 Å². The number of amides is 2. The first kappa shape index (κ1) is 28.6. The van der Waals surface area contributed by atoms with E-state index in [1.807, 2.05) is 70.5 Å². The van der Waals surface area contributed by atoms with Gasteiger partial charge in [0.2, 0.25) is 0 Å². The van der Waals surface area contributed by atoms with Gasteiger partial charge in [-0.15, -0.1) is 0 Å². The minimum absolute atomic E-state index is 0.0126. The number of nitrogens with zero attached hydrogens (tertiary/aromatic N) is 3. The molecule has 1 atom stereocenters. The summed E-state index contributed by atoms with van der Waals surface area (Å²) in [6, 6.07) is 36.7. The van der Waals surface area contributed by atoms with E-state index in [0.29, 0.717) is 37.4 Å². The van der Waals surface area contributed by atoms with Crippen LogP contribution in [-0.2, 0) is 4.74 Å². The molecule has 1 N–H and O–H groups in total. The molecule has 7 nitrogen and oxygen atoms in total. The van der Waals surface area contributed by atoms with Crippen LogP contribution in [0.5, 0.6) is 0 Å². The van der Waals surface area contributed by atoms with E-state index in [4.69, 9.17) is 4.74 Å². The lowest BCUT2D eigenvalue weighted by molar-refractivity contribution is 0.0597. The number of ether oxygens (including phenoxy) is 1. The number of piperazine rings is 1. The molecule has 0 aliphatic carbocycles. The normalized spacial score (nSPS) is 16.9. The predicted molar refractivity (Wildman–Crippen MR) is 169 cm³/mol. The summed E-state index contributed by atoms with van der Waals surface area (Å²) >= 11 is 0. The van der Waals surface area contributed by atoms with Crippen molar-refractivity contribution < 1.29 is 14.3 Å². The Morgan fingerprint density at radius 1 is 0.837 bits per heavy atom. The Labute approximate surface area is 253 Å². The van der Waals surface area contributed by atoms with Gasteiger partial charge in [0, 0.05) is 68.8 Å². The molecule has 0 saturated carbocycles. The number of methoxy groups -OCH3 is 1. The number of hydrogen-bond donors (Lipinski definition) is 1. The Hall–Kier alpha value is -4.46. The van der Waals surface area contributed by atoms with Crippen molar-refractivity contribution >= 4 is 17.5 Å². The van der Waals surface area contributed by atoms with E-state index in [1.54, 1.807) is 7.11 Å². The average Bonchev–Trinajstić information content (AvgIpc) is 3.32. The zero-order valence-corrected chi connectivity index (χ0v) is 24.6. The quantitative estimate of drug-likeness (QED) is 0.241. The highest BCUT2D eigenvalue weighted by atomic mass is 16.5. The third kappa shape index (κ3) is 6.19. The average molecular weight is 575 g/mol. The maximum atomic E-state index is 13.7. The van der Waals surface area contributed by atoms with Gasteiger partial charge in [-0.3, -0.25) is 14.5 Å². The van der Waals surface area contributed by atoms with Crippen molar-refractivity contribution in [1.29, 1.82) is 0 Å². The standard InChI is InChI=1S/C36H38N4O3/c1-43-25-11-20-40-34(31-18-8-9-19-32(31)36(40)42)37-30-17-10-16-29(26-30)35(41)39-23-21-38(22-24-39)33(27-12-4-2-5-13-27)28-14-6-3-7-15-28/h2-10,12-19,26,33-34,37H,11,20-25H2,1H3. The summed E-state index contributed by atoms with van der Waals surface area (Å²) in [6.07, 6.45) is 0.441. The van der Waals surface area contributed by atoms with Gasteiger partial charge in [0.15, 0.2) is 0 Å². The molecule has 6 rings (SSSR count). The van der Waals surface area contributed by atoms with E-state index in [2.05, 4.69) is 58.7 Å². The topological polar surface area (TPSA) is 65.1 Å². The number of fused-ring (bicyclic) bond motifs is 1. The molecule has 0 bridgehead atoms. The molecular weight excluding hydrogens is 536 g/mol. The van der Waals surface area contributed by atoms with Crippen molar-refractivity contribution in [3.8, 4) is 0 Å². The predicted octanol–water partition coefficient (Wildman–Crippen LogP) is 5.84. The number of hydrogen-bond acceptors (Lipinski definition) is 5. The second-order valence-corrected chi connectivity index (χ2v) is 11.1. The number of benzene rings is 4. The Morgan fingerprint density at radius 2 is 1.49 bits per heavy atom. The van der Waals surface area contributed by atoms with Gasteiger partial charge in [0.1, 0.15) is 6.17 Å². The second kappa shape index (κ2) is 13.2. The van der Waals surface area contributed by atoms with Crippen molar-refractivity contribution in [2.75, 3.05) is 51.8 Å². The molecule has 43 heavy (non-hydrogen) atoms. The largest absolute Gasteiger partial charge is 0.385 e. The van der Waals surface area contributed by atoms with Gasteiger partial charge >= 0.3 is 0 Å². The first-order valence-corrected chi connectivity index (χ1v) is 15.0. The third-order valence-corrected chi connectivity index (χ3v) is 8.42. The van der Waals surface area contributed by atoms with Crippen LogP contribution in [0.25, 0.3) is 0 Å². The summed E-state index contributed by atoms with van der Waals surface area (Å²) < 4.78 is 5.23. The molecule has 1 saturated heterocycles. The van der Waals surface area contributed by atoms with Crippen LogP contribution < -0.4 is 5.32 Å². The fourth-order valence-electron chi connectivity index (χ4n) is 6.29. The maximum absolute atomic E-state index is 13.7. The maximum Gasteiger partial charge on any atom is 0.256 e. The minimum atomic E-state index is -0.303. The van der Waals surface area contributed by atoms with E-state index >= 15 is 0 Å². The van der Waals surface area contributed by atoms with Crippen LogP contribution in [0.4, 0.5) is 5.69 Å². The van der Waals surface area contributed by atoms with E-state index < -0.39 is 0 Å². The molecule has 4 aromatic carbocycles. The molecule has 0 aromatic heterocycles. The Kier molecular flexibility index (Phi) is 8.82. The molecular formula is C36H38N4O3. The van der Waals surface area contributed by atoms with Crippen molar-refractivity contribution in [2.24, 2.45) is 0 Å². The van der Waals surface area contributed by atoms with Crippen LogP contribution in [0.2, 0.25) is 0 Å². The van der Waals surface area contributed by atoms with Crippen LogP contribution >= 0.6 is 0 Å². The van der Waals surface area contributed by atoms with E-state index in [0.717, 1.165) is 30.8 Å². The van der Waals surface area contributed by atoms with E-state index in [9.17, 15) is 9.59 Å². The van der Waals surface area contributed by atoms with Crippen molar-refractivity contribution in [1.82, 2.24) is 14.7 Å².